The number of ether oxygens (including phenoxy) is 1. The van der Waals surface area contributed by atoms with Crippen LogP contribution >= 0.6 is 0 Å². The maximum absolute atomic E-state index is 12.9. The summed E-state index contributed by atoms with van der Waals surface area (Å²) in [5, 5.41) is 2.89. The molecule has 2 amide bonds. The summed E-state index contributed by atoms with van der Waals surface area (Å²) in [6.07, 6.45) is 5.54. The van der Waals surface area contributed by atoms with E-state index < -0.39 is 0 Å². The van der Waals surface area contributed by atoms with Crippen molar-refractivity contribution in [2.45, 2.75) is 19.3 Å². The van der Waals surface area contributed by atoms with Crippen molar-refractivity contribution >= 4 is 11.8 Å². The van der Waals surface area contributed by atoms with E-state index >= 15 is 0 Å². The van der Waals surface area contributed by atoms with Gasteiger partial charge in [0.05, 0.1) is 19.9 Å². The molecular formula is C19H25N5O3. The van der Waals surface area contributed by atoms with Gasteiger partial charge in [0.15, 0.2) is 0 Å². The summed E-state index contributed by atoms with van der Waals surface area (Å²) < 4.78 is 7.11. The number of aryl methyl sites for hydroxylation is 1. The maximum atomic E-state index is 12.9. The Hall–Kier alpha value is -2.90. The fourth-order valence-corrected chi connectivity index (χ4v) is 3.57. The minimum absolute atomic E-state index is 0.0562. The molecule has 0 radical (unpaired) electrons. The van der Waals surface area contributed by atoms with Gasteiger partial charge in [-0.15, -0.1) is 0 Å². The van der Waals surface area contributed by atoms with Crippen LogP contribution in [0.25, 0.3) is 0 Å². The van der Waals surface area contributed by atoms with E-state index in [1.807, 2.05) is 28.8 Å². The molecule has 3 heterocycles. The third kappa shape index (κ3) is 4.45. The van der Waals surface area contributed by atoms with Crippen molar-refractivity contribution in [2.24, 2.45) is 13.0 Å². The van der Waals surface area contributed by atoms with E-state index in [2.05, 4.69) is 15.3 Å². The smallest absolute Gasteiger partial charge is 0.227 e. The zero-order chi connectivity index (χ0) is 19.4. The van der Waals surface area contributed by atoms with Crippen LogP contribution < -0.4 is 10.1 Å². The van der Waals surface area contributed by atoms with Gasteiger partial charge in [0.25, 0.3) is 0 Å². The number of hydrogen-bond donors (Lipinski definition) is 1. The number of amides is 2. The number of carbonyl (C=O) groups is 2. The first-order valence-electron chi connectivity index (χ1n) is 8.95. The van der Waals surface area contributed by atoms with Gasteiger partial charge in [0.2, 0.25) is 17.7 Å². The lowest BCUT2D eigenvalue weighted by Crippen LogP contribution is -2.33. The predicted molar refractivity (Wildman–Crippen MR) is 99.2 cm³/mol. The van der Waals surface area contributed by atoms with E-state index in [1.54, 1.807) is 25.7 Å². The normalized spacial score (nSPS) is 19.1. The molecule has 0 spiro atoms. The highest BCUT2D eigenvalue weighted by atomic mass is 16.5. The molecule has 0 saturated carbocycles. The van der Waals surface area contributed by atoms with Gasteiger partial charge < -0.3 is 19.5 Å². The van der Waals surface area contributed by atoms with E-state index in [9.17, 15) is 9.59 Å². The monoisotopic (exact) mass is 371 g/mol. The number of nitrogens with one attached hydrogen (secondary N) is 1. The summed E-state index contributed by atoms with van der Waals surface area (Å²) in [6.45, 7) is 3.27. The average molecular weight is 371 g/mol. The fraction of sp³-hybridized carbons (Fsp3) is 0.474. The van der Waals surface area contributed by atoms with Gasteiger partial charge >= 0.3 is 0 Å². The van der Waals surface area contributed by atoms with Crippen molar-refractivity contribution in [2.75, 3.05) is 26.7 Å². The summed E-state index contributed by atoms with van der Waals surface area (Å²) in [7, 11) is 3.50. The molecule has 0 aromatic carbocycles. The van der Waals surface area contributed by atoms with E-state index in [-0.39, 0.29) is 23.7 Å². The number of methoxy groups -OCH3 is 1. The molecule has 2 atom stereocenters. The lowest BCUT2D eigenvalue weighted by molar-refractivity contribution is -0.129. The molecule has 0 unspecified atom stereocenters. The van der Waals surface area contributed by atoms with Gasteiger partial charge in [-0.05, 0) is 11.6 Å². The molecule has 2 aromatic heterocycles. The van der Waals surface area contributed by atoms with Crippen molar-refractivity contribution in [1.82, 2.24) is 24.8 Å². The van der Waals surface area contributed by atoms with Gasteiger partial charge in [-0.3, -0.25) is 9.59 Å². The van der Waals surface area contributed by atoms with Crippen LogP contribution in [0, 0.1) is 5.92 Å². The molecule has 1 aliphatic heterocycles. The zero-order valence-electron chi connectivity index (χ0n) is 15.9. The molecule has 1 fully saturated rings. The first-order chi connectivity index (χ1) is 13.0. The van der Waals surface area contributed by atoms with Gasteiger partial charge in [0.1, 0.15) is 0 Å². The van der Waals surface area contributed by atoms with Crippen molar-refractivity contribution in [3.8, 4) is 5.88 Å². The standard InChI is InChI=1S/C19H25N5O3/c1-13(25)22-8-15-10-24(11-16(15)17-9-20-12-23(17)2)19(26)7-14-4-5-21-18(6-14)27-3/h4-6,9,12,15-16H,7-8,10-11H2,1-3H3,(H,22,25)/t15-,16-/m1/s1. The number of imidazole rings is 1. The van der Waals surface area contributed by atoms with Crippen LogP contribution in [0.1, 0.15) is 24.1 Å². The molecular weight excluding hydrogens is 346 g/mol. The molecule has 1 saturated heterocycles. The topological polar surface area (TPSA) is 89.4 Å². The highest BCUT2D eigenvalue weighted by Crippen LogP contribution is 2.32. The molecule has 2 aromatic rings. The Morgan fingerprint density at radius 3 is 2.85 bits per heavy atom. The molecule has 8 heteroatoms. The summed E-state index contributed by atoms with van der Waals surface area (Å²) in [4.78, 5) is 34.4. The summed E-state index contributed by atoms with van der Waals surface area (Å²) in [5.74, 6) is 0.784. The van der Waals surface area contributed by atoms with Crippen LogP contribution in [-0.2, 0) is 23.1 Å². The molecule has 1 aliphatic rings. The van der Waals surface area contributed by atoms with E-state index in [0.717, 1.165) is 11.3 Å². The van der Waals surface area contributed by atoms with E-state index in [1.165, 1.54) is 6.92 Å². The number of hydrogen-bond acceptors (Lipinski definition) is 5. The molecule has 1 N–H and O–H groups in total. The number of aromatic nitrogens is 3. The van der Waals surface area contributed by atoms with Crippen molar-refractivity contribution < 1.29 is 14.3 Å². The Bertz CT molecular complexity index is 819. The van der Waals surface area contributed by atoms with Crippen LogP contribution in [0.2, 0.25) is 0 Å². The van der Waals surface area contributed by atoms with Gasteiger partial charge in [-0.2, -0.15) is 0 Å². The average Bonchev–Trinajstić information content (AvgIpc) is 3.25. The summed E-state index contributed by atoms with van der Waals surface area (Å²) >= 11 is 0. The van der Waals surface area contributed by atoms with Crippen molar-refractivity contribution in [3.05, 3.63) is 42.1 Å². The number of nitrogens with zero attached hydrogens (tertiary/aromatic N) is 4. The van der Waals surface area contributed by atoms with Crippen LogP contribution in [0.5, 0.6) is 5.88 Å². The second-order valence-corrected chi connectivity index (χ2v) is 6.92. The van der Waals surface area contributed by atoms with E-state index in [0.29, 0.717) is 31.9 Å². The Kier molecular flexibility index (Phi) is 5.73. The minimum Gasteiger partial charge on any atom is -0.481 e. The number of rotatable bonds is 6. The van der Waals surface area contributed by atoms with Crippen LogP contribution in [0.3, 0.4) is 0 Å². The summed E-state index contributed by atoms with van der Waals surface area (Å²) in [6, 6.07) is 3.60. The molecule has 0 aliphatic carbocycles. The highest BCUT2D eigenvalue weighted by molar-refractivity contribution is 5.79. The SMILES string of the molecule is COc1cc(CC(=O)N2C[C@@H](CNC(C)=O)[C@H](c3cncn3C)C2)ccn1. The maximum Gasteiger partial charge on any atom is 0.227 e. The summed E-state index contributed by atoms with van der Waals surface area (Å²) in [5.41, 5.74) is 1.94. The third-order valence-electron chi connectivity index (χ3n) is 5.00. The largest absolute Gasteiger partial charge is 0.481 e. The van der Waals surface area contributed by atoms with Crippen LogP contribution in [-0.4, -0.2) is 58.0 Å². The Balaban J connectivity index is 1.72. The Morgan fingerprint density at radius 2 is 2.19 bits per heavy atom. The lowest BCUT2D eigenvalue weighted by Gasteiger charge is -2.18. The first-order valence-corrected chi connectivity index (χ1v) is 8.95. The fourth-order valence-electron chi connectivity index (χ4n) is 3.57. The number of likely N-dealkylation sites (tertiary alicyclic amines) is 1. The van der Waals surface area contributed by atoms with Crippen molar-refractivity contribution in [1.29, 1.82) is 0 Å². The second-order valence-electron chi connectivity index (χ2n) is 6.92. The molecule has 3 rings (SSSR count). The third-order valence-corrected chi connectivity index (χ3v) is 5.00. The molecule has 8 nitrogen and oxygen atoms in total. The predicted octanol–water partition coefficient (Wildman–Crippen LogP) is 0.745. The highest BCUT2D eigenvalue weighted by Gasteiger charge is 2.37. The van der Waals surface area contributed by atoms with Gasteiger partial charge in [-0.1, -0.05) is 0 Å². The van der Waals surface area contributed by atoms with Crippen LogP contribution in [0.15, 0.2) is 30.9 Å². The number of carbonyl (C=O) groups excluding carboxylic acids is 2. The zero-order valence-corrected chi connectivity index (χ0v) is 15.9. The molecule has 27 heavy (non-hydrogen) atoms. The van der Waals surface area contributed by atoms with Crippen LogP contribution in [0.4, 0.5) is 0 Å². The Labute approximate surface area is 158 Å². The minimum atomic E-state index is -0.0626. The van der Waals surface area contributed by atoms with Crippen molar-refractivity contribution in [3.63, 3.8) is 0 Å². The van der Waals surface area contributed by atoms with E-state index in [4.69, 9.17) is 4.74 Å². The lowest BCUT2D eigenvalue weighted by atomic mass is 9.93. The van der Waals surface area contributed by atoms with Gasteiger partial charge in [0, 0.05) is 69.6 Å². The second kappa shape index (κ2) is 8.20. The Morgan fingerprint density at radius 1 is 1.37 bits per heavy atom. The quantitative estimate of drug-likeness (QED) is 0.809. The first kappa shape index (κ1) is 18.9. The number of pyridine rings is 1. The molecule has 144 valence electrons. The molecule has 0 bridgehead atoms. The van der Waals surface area contributed by atoms with Gasteiger partial charge in [-0.25, -0.2) is 9.97 Å².